The second-order valence-electron chi connectivity index (χ2n) is 9.41. The van der Waals surface area contributed by atoms with E-state index < -0.39 is 34.0 Å². The first-order valence-electron chi connectivity index (χ1n) is 12.8. The fraction of sp³-hybridized carbons (Fsp3) is 0.310. The van der Waals surface area contributed by atoms with Crippen LogP contribution in [0.15, 0.2) is 78.9 Å². The molecule has 4 heterocycles. The Morgan fingerprint density at radius 3 is 1.92 bits per heavy atom. The number of aliphatic carboxylic acids is 1. The largest absolute Gasteiger partial charge is 0.494 e. The highest BCUT2D eigenvalue weighted by Crippen LogP contribution is 2.17. The van der Waals surface area contributed by atoms with Crippen molar-refractivity contribution in [1.29, 1.82) is 0 Å². The number of sulfonamides is 1. The van der Waals surface area contributed by atoms with Gasteiger partial charge in [0.15, 0.2) is 0 Å². The zero-order valence-electron chi connectivity index (χ0n) is 21.4. The molecule has 1 amide bonds. The van der Waals surface area contributed by atoms with E-state index in [1.807, 2.05) is 0 Å². The maximum absolute atomic E-state index is 13.4. The van der Waals surface area contributed by atoms with E-state index in [2.05, 4.69) is 10.0 Å². The number of carboxylic acid groups (broad SMARTS) is 1. The summed E-state index contributed by atoms with van der Waals surface area (Å²) in [5.74, 6) is -0.956. The Morgan fingerprint density at radius 1 is 0.846 bits per heavy atom. The van der Waals surface area contributed by atoms with Gasteiger partial charge >= 0.3 is 5.97 Å². The number of amides is 1. The Morgan fingerprint density at radius 2 is 1.38 bits per heavy atom. The molecule has 0 unspecified atom stereocenters. The molecule has 3 N–H and O–H groups in total. The molecule has 10 heteroatoms. The maximum Gasteiger partial charge on any atom is 0.326 e. The zero-order valence-corrected chi connectivity index (χ0v) is 22.2. The van der Waals surface area contributed by atoms with Crippen molar-refractivity contribution in [2.45, 2.75) is 43.5 Å². The molecule has 39 heavy (non-hydrogen) atoms. The Kier molecular flexibility index (Phi) is 9.56. The van der Waals surface area contributed by atoms with E-state index in [-0.39, 0.29) is 18.6 Å². The molecule has 206 valence electrons. The van der Waals surface area contributed by atoms with Gasteiger partial charge in [0.05, 0.1) is 19.0 Å². The number of nitrogens with one attached hydrogen (secondary N) is 2. The van der Waals surface area contributed by atoms with Crippen LogP contribution in [-0.2, 0) is 38.2 Å². The molecular formula is C29H32N2O7S. The van der Waals surface area contributed by atoms with Gasteiger partial charge in [0, 0.05) is 6.42 Å². The van der Waals surface area contributed by atoms with Crippen LogP contribution in [0, 0.1) is 0 Å². The first kappa shape index (κ1) is 28.1. The molecule has 0 saturated heterocycles. The van der Waals surface area contributed by atoms with Crippen molar-refractivity contribution in [3.8, 4) is 11.5 Å². The Balaban J connectivity index is 1.59. The van der Waals surface area contributed by atoms with Crippen LogP contribution in [0.1, 0.15) is 29.5 Å². The third kappa shape index (κ3) is 8.83. The summed E-state index contributed by atoms with van der Waals surface area (Å²) >= 11 is 0. The van der Waals surface area contributed by atoms with Crippen LogP contribution in [0.4, 0.5) is 0 Å². The second-order valence-corrected chi connectivity index (χ2v) is 11.2. The van der Waals surface area contributed by atoms with Crippen molar-refractivity contribution in [2.24, 2.45) is 0 Å². The van der Waals surface area contributed by atoms with Crippen LogP contribution >= 0.6 is 0 Å². The molecule has 4 bridgehead atoms. The highest BCUT2D eigenvalue weighted by Gasteiger charge is 2.29. The molecule has 3 aromatic carbocycles. The molecule has 4 aliphatic heterocycles. The van der Waals surface area contributed by atoms with Crippen molar-refractivity contribution in [1.82, 2.24) is 10.0 Å². The van der Waals surface area contributed by atoms with E-state index in [1.165, 1.54) is 0 Å². The van der Waals surface area contributed by atoms with Crippen LogP contribution in [0.2, 0.25) is 0 Å². The summed E-state index contributed by atoms with van der Waals surface area (Å²) in [7, 11) is -3.93. The highest BCUT2D eigenvalue weighted by atomic mass is 32.2. The average molecular weight is 553 g/mol. The molecule has 4 aliphatic rings. The number of hydrogen-bond acceptors (Lipinski definition) is 6. The van der Waals surface area contributed by atoms with Gasteiger partial charge in [0.1, 0.15) is 23.6 Å². The third-order valence-corrected chi connectivity index (χ3v) is 7.61. The number of ether oxygens (including phenoxy) is 2. The molecular weight excluding hydrogens is 520 g/mol. The Labute approximate surface area is 228 Å². The number of carbonyl (C=O) groups is 2. The van der Waals surface area contributed by atoms with Gasteiger partial charge in [0.2, 0.25) is 15.9 Å². The van der Waals surface area contributed by atoms with Crippen molar-refractivity contribution in [2.75, 3.05) is 13.2 Å². The van der Waals surface area contributed by atoms with Crippen LogP contribution in [-0.4, -0.2) is 50.7 Å². The van der Waals surface area contributed by atoms with Crippen LogP contribution in [0.5, 0.6) is 11.5 Å². The van der Waals surface area contributed by atoms with Crippen molar-refractivity contribution < 1.29 is 32.6 Å². The predicted octanol–water partition coefficient (Wildman–Crippen LogP) is 3.08. The molecule has 7 rings (SSSR count). The molecule has 3 aromatic rings. The first-order chi connectivity index (χ1) is 18.8. The number of carboxylic acids is 1. The van der Waals surface area contributed by atoms with E-state index in [4.69, 9.17) is 9.47 Å². The molecule has 0 aliphatic carbocycles. The fourth-order valence-corrected chi connectivity index (χ4v) is 5.55. The van der Waals surface area contributed by atoms with E-state index in [1.54, 1.807) is 78.9 Å². The Bertz CT molecular complexity index is 1340. The summed E-state index contributed by atoms with van der Waals surface area (Å²) in [6.45, 7) is 1.04. The van der Waals surface area contributed by atoms with Gasteiger partial charge in [-0.1, -0.05) is 54.6 Å². The number of hydrogen-bond donors (Lipinski definition) is 3. The lowest BCUT2D eigenvalue weighted by atomic mass is 10.0. The molecule has 0 saturated carbocycles. The van der Waals surface area contributed by atoms with Crippen LogP contribution in [0.25, 0.3) is 0 Å². The lowest BCUT2D eigenvalue weighted by Gasteiger charge is -2.22. The normalized spacial score (nSPS) is 18.9. The minimum absolute atomic E-state index is 0.0247. The van der Waals surface area contributed by atoms with Gasteiger partial charge in [-0.05, 0) is 60.2 Å². The molecule has 2 atom stereocenters. The molecule has 0 aromatic heterocycles. The zero-order chi connectivity index (χ0) is 27.7. The topological polar surface area (TPSA) is 131 Å². The van der Waals surface area contributed by atoms with Crippen molar-refractivity contribution >= 4 is 21.9 Å². The minimum atomic E-state index is -3.93. The highest BCUT2D eigenvalue weighted by molar-refractivity contribution is 7.88. The van der Waals surface area contributed by atoms with Crippen LogP contribution in [0.3, 0.4) is 0 Å². The third-order valence-electron chi connectivity index (χ3n) is 6.25. The summed E-state index contributed by atoms with van der Waals surface area (Å²) in [5.41, 5.74) is 1.94. The SMILES string of the molecule is O=C(O)[C@@H]1Cc2ccc(cc2)OCCCCOc2ccc(cc2)C[C@@H](NS(=O)(=O)Cc2ccccc2)C(=O)N1. The van der Waals surface area contributed by atoms with Gasteiger partial charge in [-0.2, -0.15) is 0 Å². The first-order valence-corrected chi connectivity index (χ1v) is 14.4. The summed E-state index contributed by atoms with van der Waals surface area (Å²) < 4.78 is 40.1. The van der Waals surface area contributed by atoms with E-state index in [9.17, 15) is 23.1 Å². The minimum Gasteiger partial charge on any atom is -0.494 e. The standard InChI is InChI=1S/C29H32N2O7S/c32-28-26(31-39(35,36)20-23-6-2-1-3-7-23)18-21-8-12-24(13-9-21)37-16-4-5-17-38-25-14-10-22(11-15-25)19-27(30-28)29(33)34/h1-3,6-15,26-27,31H,4-5,16-20H2,(H,30,32)(H,33,34)/t26-,27+/m1/s1. The fourth-order valence-electron chi connectivity index (χ4n) is 4.21. The van der Waals surface area contributed by atoms with Crippen LogP contribution < -0.4 is 19.5 Å². The lowest BCUT2D eigenvalue weighted by Crippen LogP contribution is -2.53. The average Bonchev–Trinajstić information content (AvgIpc) is 2.91. The molecule has 9 nitrogen and oxygen atoms in total. The smallest absolute Gasteiger partial charge is 0.326 e. The quantitative estimate of drug-likeness (QED) is 0.443. The molecule has 0 spiro atoms. The number of rotatable bonds is 5. The van der Waals surface area contributed by atoms with Gasteiger partial charge in [0.25, 0.3) is 0 Å². The monoisotopic (exact) mass is 552 g/mol. The summed E-state index contributed by atoms with van der Waals surface area (Å²) in [5, 5.41) is 12.4. The molecule has 0 fully saturated rings. The van der Waals surface area contributed by atoms with Gasteiger partial charge in [-0.3, -0.25) is 4.79 Å². The summed E-state index contributed by atoms with van der Waals surface area (Å²) in [6, 6.07) is 20.2. The van der Waals surface area contributed by atoms with Crippen molar-refractivity contribution in [3.63, 3.8) is 0 Å². The number of carbonyl (C=O) groups excluding carboxylic acids is 1. The summed E-state index contributed by atoms with van der Waals surface area (Å²) in [4.78, 5) is 25.4. The maximum atomic E-state index is 13.4. The molecule has 0 radical (unpaired) electrons. The summed E-state index contributed by atoms with van der Waals surface area (Å²) in [6.07, 6.45) is 1.65. The van der Waals surface area contributed by atoms with Gasteiger partial charge in [-0.15, -0.1) is 0 Å². The predicted molar refractivity (Wildman–Crippen MR) is 146 cm³/mol. The van der Waals surface area contributed by atoms with Crippen molar-refractivity contribution in [3.05, 3.63) is 95.6 Å². The lowest BCUT2D eigenvalue weighted by molar-refractivity contribution is -0.142. The van der Waals surface area contributed by atoms with E-state index in [0.717, 1.165) is 12.8 Å². The number of benzene rings is 3. The van der Waals surface area contributed by atoms with Gasteiger partial charge < -0.3 is 19.9 Å². The van der Waals surface area contributed by atoms with Gasteiger partial charge in [-0.25, -0.2) is 17.9 Å². The Hall–Kier alpha value is -3.89. The van der Waals surface area contributed by atoms with E-state index >= 15 is 0 Å². The second kappa shape index (κ2) is 13.3. The van der Waals surface area contributed by atoms with E-state index in [0.29, 0.717) is 41.4 Å².